The molecule has 0 aliphatic heterocycles. The topological polar surface area (TPSA) is 26.0 Å². The molecule has 0 amide bonds. The van der Waals surface area contributed by atoms with Crippen LogP contribution in [0.25, 0.3) is 0 Å². The van der Waals surface area contributed by atoms with Gasteiger partial charge in [-0.2, -0.15) is 0 Å². The van der Waals surface area contributed by atoms with Crippen molar-refractivity contribution in [2.24, 2.45) is 10.1 Å². The molecule has 0 radical (unpaired) electrons. The summed E-state index contributed by atoms with van der Waals surface area (Å²) >= 11 is -0.0370. The van der Waals surface area contributed by atoms with Crippen LogP contribution < -0.4 is 4.22 Å². The molecule has 0 heterocycles. The second-order valence-electron chi connectivity index (χ2n) is 1.80. The molecule has 0 rings (SSSR count). The molecule has 0 unspecified atom stereocenters. The average molecular weight is 194 g/mol. The van der Waals surface area contributed by atoms with E-state index in [0.717, 1.165) is 5.92 Å². The minimum Gasteiger partial charge on any atom is -0.147 e. The van der Waals surface area contributed by atoms with Crippen molar-refractivity contribution in [3.8, 4) is 0 Å². The van der Waals surface area contributed by atoms with Crippen LogP contribution in [0, 0.1) is 5.92 Å². The molecule has 0 fully saturated rings. The van der Waals surface area contributed by atoms with Gasteiger partial charge in [-0.1, -0.05) is 0 Å². The number of rotatable bonds is 2. The monoisotopic (exact) mass is 193 g/mol. The molecule has 0 atom stereocenters. The molecule has 0 aromatic heterocycles. The molecular weight excluding hydrogens is 181 g/mol. The maximum Gasteiger partial charge on any atom is -0.147 e. The molecule has 0 saturated carbocycles. The van der Waals surface area contributed by atoms with Gasteiger partial charge < -0.3 is 0 Å². The third-order valence-electron chi connectivity index (χ3n) is 0.526. The molecule has 0 saturated heterocycles. The van der Waals surface area contributed by atoms with Crippen molar-refractivity contribution in [1.29, 1.82) is 0 Å². The molecular formula is C4H13Cl2NTi. The van der Waals surface area contributed by atoms with E-state index < -0.39 is 0 Å². The van der Waals surface area contributed by atoms with E-state index in [2.05, 4.69) is 13.8 Å². The molecule has 0 spiro atoms. The van der Waals surface area contributed by atoms with Crippen LogP contribution >= 0.6 is 24.8 Å². The number of hydrogen-bond donors (Lipinski definition) is 1. The largest absolute Gasteiger partial charge is 0.147 e. The summed E-state index contributed by atoms with van der Waals surface area (Å²) < 4.78 is 6.63. The van der Waals surface area contributed by atoms with Gasteiger partial charge in [0.25, 0.3) is 0 Å². The van der Waals surface area contributed by atoms with Crippen molar-refractivity contribution < 1.29 is 19.4 Å². The van der Waals surface area contributed by atoms with Gasteiger partial charge in [0.2, 0.25) is 0 Å². The Labute approximate surface area is 72.8 Å². The van der Waals surface area contributed by atoms with Crippen LogP contribution in [-0.4, -0.2) is 0 Å². The van der Waals surface area contributed by atoms with Crippen LogP contribution in [0.5, 0.6) is 0 Å². The van der Waals surface area contributed by atoms with E-state index in [1.54, 1.807) is 0 Å². The number of nitrogens with two attached hydrogens (primary N) is 1. The van der Waals surface area contributed by atoms with Gasteiger partial charge in [0.1, 0.15) is 0 Å². The maximum absolute atomic E-state index is 5.35. The van der Waals surface area contributed by atoms with Gasteiger partial charge in [-0.25, -0.2) is 0 Å². The SMILES string of the molecule is CC(C)[CH2][Ti][NH2].Cl.Cl. The van der Waals surface area contributed by atoms with E-state index in [4.69, 9.17) is 4.22 Å². The Bertz CT molecular complexity index is 35.2. The van der Waals surface area contributed by atoms with E-state index >= 15 is 0 Å². The van der Waals surface area contributed by atoms with Crippen molar-refractivity contribution in [2.45, 2.75) is 18.6 Å². The van der Waals surface area contributed by atoms with Crippen molar-refractivity contribution in [2.75, 3.05) is 0 Å². The first-order valence-corrected chi connectivity index (χ1v) is 4.21. The fourth-order valence-corrected chi connectivity index (χ4v) is 0.972. The van der Waals surface area contributed by atoms with Crippen LogP contribution in [0.15, 0.2) is 0 Å². The van der Waals surface area contributed by atoms with Gasteiger partial charge in [-0.3, -0.25) is 0 Å². The molecule has 52 valence electrons. The summed E-state index contributed by atoms with van der Waals surface area (Å²) in [5.41, 5.74) is 0. The van der Waals surface area contributed by atoms with E-state index in [1.807, 2.05) is 0 Å². The molecule has 0 aromatic rings. The molecule has 8 heavy (non-hydrogen) atoms. The molecule has 2 N–H and O–H groups in total. The average Bonchev–Trinajstić information content (AvgIpc) is 1.35. The summed E-state index contributed by atoms with van der Waals surface area (Å²) in [4.78, 5) is 0. The first kappa shape index (κ1) is 16.1. The van der Waals surface area contributed by atoms with Crippen LogP contribution in [0.2, 0.25) is 4.73 Å². The molecule has 1 nitrogen and oxygen atoms in total. The van der Waals surface area contributed by atoms with Gasteiger partial charge in [0, 0.05) is 0 Å². The Morgan fingerprint density at radius 3 is 1.75 bits per heavy atom. The van der Waals surface area contributed by atoms with Gasteiger partial charge in [-0.05, 0) is 0 Å². The standard InChI is InChI=1S/C4H9.2ClH.H2N.Ti/c1-4(2)3;;;;/h4H,1H2,2-3H3;2*1H;1H2;/q;;;-1;+1. The molecule has 0 aliphatic carbocycles. The van der Waals surface area contributed by atoms with Crippen LogP contribution in [0.3, 0.4) is 0 Å². The zero-order chi connectivity index (χ0) is 4.99. The Kier molecular flexibility index (Phi) is 22.4. The van der Waals surface area contributed by atoms with Gasteiger partial charge in [-0.15, -0.1) is 24.8 Å². The smallest absolute Gasteiger partial charge is 0.147 e. The predicted octanol–water partition coefficient (Wildman–Crippen LogP) is 1.86. The Hall–Kier alpha value is 1.25. The normalized spacial score (nSPS) is 7.00. The second kappa shape index (κ2) is 11.1. The van der Waals surface area contributed by atoms with Crippen molar-refractivity contribution in [3.05, 3.63) is 0 Å². The molecule has 0 bridgehead atoms. The summed E-state index contributed by atoms with van der Waals surface area (Å²) in [6.45, 7) is 4.41. The van der Waals surface area contributed by atoms with E-state index in [9.17, 15) is 0 Å². The molecule has 4 heteroatoms. The Morgan fingerprint density at radius 1 is 1.38 bits per heavy atom. The zero-order valence-electron chi connectivity index (χ0n) is 5.18. The van der Waals surface area contributed by atoms with Gasteiger partial charge in [0.05, 0.1) is 0 Å². The number of hydrogen-bond acceptors (Lipinski definition) is 1. The summed E-state index contributed by atoms with van der Waals surface area (Å²) in [5.74, 6) is 0.829. The van der Waals surface area contributed by atoms with E-state index in [1.165, 1.54) is 4.73 Å². The van der Waals surface area contributed by atoms with Crippen molar-refractivity contribution in [3.63, 3.8) is 0 Å². The second-order valence-corrected chi connectivity index (χ2v) is 3.08. The summed E-state index contributed by atoms with van der Waals surface area (Å²) in [7, 11) is 0. The van der Waals surface area contributed by atoms with Gasteiger partial charge >= 0.3 is 48.1 Å². The zero-order valence-corrected chi connectivity index (χ0v) is 8.37. The maximum atomic E-state index is 5.35. The summed E-state index contributed by atoms with van der Waals surface area (Å²) in [6, 6.07) is 0. The first-order valence-electron chi connectivity index (χ1n) is 2.21. The minimum atomic E-state index is -0.0370. The third-order valence-corrected chi connectivity index (χ3v) is 2.17. The Balaban J connectivity index is -0.000000125. The fourth-order valence-electron chi connectivity index (χ4n) is 0.236. The van der Waals surface area contributed by atoms with Gasteiger partial charge in [0.15, 0.2) is 0 Å². The third kappa shape index (κ3) is 15.7. The minimum absolute atomic E-state index is 0. The molecule has 0 aromatic carbocycles. The van der Waals surface area contributed by atoms with Crippen molar-refractivity contribution >= 4 is 24.8 Å². The summed E-state index contributed by atoms with van der Waals surface area (Å²) in [5, 5.41) is 0. The predicted molar refractivity (Wildman–Crippen MR) is 38.3 cm³/mol. The Morgan fingerprint density at radius 2 is 1.75 bits per heavy atom. The van der Waals surface area contributed by atoms with Crippen LogP contribution in [0.1, 0.15) is 13.8 Å². The first-order chi connectivity index (χ1) is 2.77. The fraction of sp³-hybridized carbons (Fsp3) is 1.00. The quantitative estimate of drug-likeness (QED) is 0.667. The number of halogens is 2. The van der Waals surface area contributed by atoms with Crippen molar-refractivity contribution in [1.82, 2.24) is 0 Å². The van der Waals surface area contributed by atoms with Crippen LogP contribution in [0.4, 0.5) is 0 Å². The molecule has 0 aliphatic rings. The van der Waals surface area contributed by atoms with Crippen LogP contribution in [-0.2, 0) is 19.4 Å². The summed E-state index contributed by atoms with van der Waals surface area (Å²) in [6.07, 6.45) is 0. The van der Waals surface area contributed by atoms with E-state index in [0.29, 0.717) is 0 Å². The van der Waals surface area contributed by atoms with E-state index in [-0.39, 0.29) is 44.2 Å².